The Bertz CT molecular complexity index is 205. The van der Waals surface area contributed by atoms with E-state index in [0.717, 1.165) is 6.54 Å². The molecule has 1 heterocycles. The van der Waals surface area contributed by atoms with E-state index in [2.05, 4.69) is 13.8 Å². The van der Waals surface area contributed by atoms with Crippen LogP contribution >= 0.6 is 0 Å². The van der Waals surface area contributed by atoms with Gasteiger partial charge in [0.15, 0.2) is 0 Å². The van der Waals surface area contributed by atoms with Gasteiger partial charge in [0.25, 0.3) is 0 Å². The maximum Gasteiger partial charge on any atom is 0.410 e. The fourth-order valence-electron chi connectivity index (χ4n) is 1.26. The Morgan fingerprint density at radius 1 is 1.46 bits per heavy atom. The monoisotopic (exact) mass is 185 g/mol. The van der Waals surface area contributed by atoms with E-state index in [1.807, 2.05) is 20.8 Å². The molecular formula is C10H19NO2. The summed E-state index contributed by atoms with van der Waals surface area (Å²) in [5.74, 6) is 0.535. The number of carbonyl (C=O) groups excluding carboxylic acids is 1. The van der Waals surface area contributed by atoms with Crippen molar-refractivity contribution >= 4 is 6.09 Å². The van der Waals surface area contributed by atoms with Crippen LogP contribution in [0.5, 0.6) is 0 Å². The van der Waals surface area contributed by atoms with Crippen molar-refractivity contribution in [1.29, 1.82) is 0 Å². The molecule has 1 aliphatic heterocycles. The van der Waals surface area contributed by atoms with Crippen LogP contribution in [0.1, 0.15) is 34.6 Å². The summed E-state index contributed by atoms with van der Waals surface area (Å²) in [5, 5.41) is 0. The second-order valence-corrected chi connectivity index (χ2v) is 4.94. The van der Waals surface area contributed by atoms with Crippen LogP contribution in [0.25, 0.3) is 0 Å². The third-order valence-corrected chi connectivity index (χ3v) is 2.05. The number of rotatable bonds is 1. The van der Waals surface area contributed by atoms with Gasteiger partial charge in [0.1, 0.15) is 5.60 Å². The summed E-state index contributed by atoms with van der Waals surface area (Å²) in [5.41, 5.74) is -0.374. The van der Waals surface area contributed by atoms with E-state index >= 15 is 0 Å². The number of nitrogens with zero attached hydrogens (tertiary/aromatic N) is 1. The number of amides is 1. The SMILES string of the molecule is CC(C)C1CN1C(=O)OC(C)(C)C. The van der Waals surface area contributed by atoms with E-state index in [4.69, 9.17) is 4.74 Å². The number of ether oxygens (including phenoxy) is 1. The highest BCUT2D eigenvalue weighted by molar-refractivity contribution is 5.71. The molecule has 1 aliphatic rings. The van der Waals surface area contributed by atoms with Crippen molar-refractivity contribution < 1.29 is 9.53 Å². The van der Waals surface area contributed by atoms with Crippen molar-refractivity contribution in [2.24, 2.45) is 5.92 Å². The van der Waals surface area contributed by atoms with Gasteiger partial charge < -0.3 is 9.64 Å². The summed E-state index contributed by atoms with van der Waals surface area (Å²) >= 11 is 0. The molecule has 0 radical (unpaired) electrons. The highest BCUT2D eigenvalue weighted by Crippen LogP contribution is 2.27. The van der Waals surface area contributed by atoms with Crippen molar-refractivity contribution in [2.45, 2.75) is 46.3 Å². The highest BCUT2D eigenvalue weighted by Gasteiger charge is 2.42. The first-order valence-electron chi connectivity index (χ1n) is 4.81. The summed E-state index contributed by atoms with van der Waals surface area (Å²) in [4.78, 5) is 13.2. The fraction of sp³-hybridized carbons (Fsp3) is 0.900. The molecule has 0 aromatic carbocycles. The van der Waals surface area contributed by atoms with Gasteiger partial charge in [-0.05, 0) is 26.7 Å². The van der Waals surface area contributed by atoms with Gasteiger partial charge in [0.2, 0.25) is 0 Å². The van der Waals surface area contributed by atoms with E-state index in [1.54, 1.807) is 4.90 Å². The Hall–Kier alpha value is -0.730. The average Bonchev–Trinajstić information content (AvgIpc) is 2.58. The molecule has 1 amide bonds. The van der Waals surface area contributed by atoms with Crippen LogP contribution in [0.4, 0.5) is 4.79 Å². The van der Waals surface area contributed by atoms with Gasteiger partial charge in [-0.3, -0.25) is 0 Å². The quantitative estimate of drug-likeness (QED) is 0.586. The lowest BCUT2D eigenvalue weighted by Crippen LogP contribution is -2.28. The molecule has 0 bridgehead atoms. The largest absolute Gasteiger partial charge is 0.444 e. The summed E-state index contributed by atoms with van der Waals surface area (Å²) < 4.78 is 5.23. The number of hydrogen-bond donors (Lipinski definition) is 0. The third-order valence-electron chi connectivity index (χ3n) is 2.05. The van der Waals surface area contributed by atoms with E-state index in [-0.39, 0.29) is 11.7 Å². The zero-order valence-electron chi connectivity index (χ0n) is 9.13. The van der Waals surface area contributed by atoms with Crippen LogP contribution in [0.15, 0.2) is 0 Å². The van der Waals surface area contributed by atoms with Gasteiger partial charge in [0, 0.05) is 6.54 Å². The lowest BCUT2D eigenvalue weighted by molar-refractivity contribution is 0.0399. The molecule has 1 fully saturated rings. The van der Waals surface area contributed by atoms with Crippen LogP contribution in [-0.2, 0) is 4.74 Å². The molecule has 3 heteroatoms. The van der Waals surface area contributed by atoms with Crippen molar-refractivity contribution in [2.75, 3.05) is 6.54 Å². The molecule has 1 atom stereocenters. The minimum atomic E-state index is -0.374. The van der Waals surface area contributed by atoms with Crippen LogP contribution < -0.4 is 0 Å². The van der Waals surface area contributed by atoms with E-state index < -0.39 is 0 Å². The number of hydrogen-bond acceptors (Lipinski definition) is 2. The van der Waals surface area contributed by atoms with Gasteiger partial charge in [-0.1, -0.05) is 13.8 Å². The van der Waals surface area contributed by atoms with Gasteiger partial charge in [-0.2, -0.15) is 0 Å². The Balaban J connectivity index is 2.36. The standard InChI is InChI=1S/C10H19NO2/c1-7(2)8-6-11(8)9(12)13-10(3,4)5/h7-8H,6H2,1-5H3. The van der Waals surface area contributed by atoms with Crippen molar-refractivity contribution in [3.05, 3.63) is 0 Å². The minimum Gasteiger partial charge on any atom is -0.444 e. The zero-order chi connectivity index (χ0) is 10.2. The van der Waals surface area contributed by atoms with E-state index in [0.29, 0.717) is 12.0 Å². The normalized spacial score (nSPS) is 22.0. The Labute approximate surface area is 80.1 Å². The molecule has 1 rings (SSSR count). The molecule has 76 valence electrons. The first-order chi connectivity index (χ1) is 5.81. The fourth-order valence-corrected chi connectivity index (χ4v) is 1.26. The molecule has 1 saturated heterocycles. The van der Waals surface area contributed by atoms with Gasteiger partial charge in [-0.25, -0.2) is 4.79 Å². The van der Waals surface area contributed by atoms with Crippen LogP contribution in [-0.4, -0.2) is 29.2 Å². The zero-order valence-corrected chi connectivity index (χ0v) is 9.13. The van der Waals surface area contributed by atoms with Gasteiger partial charge in [0.05, 0.1) is 6.04 Å². The maximum absolute atomic E-state index is 11.4. The Morgan fingerprint density at radius 3 is 2.31 bits per heavy atom. The summed E-state index contributed by atoms with van der Waals surface area (Å²) in [7, 11) is 0. The van der Waals surface area contributed by atoms with Gasteiger partial charge >= 0.3 is 6.09 Å². The lowest BCUT2D eigenvalue weighted by Gasteiger charge is -2.20. The molecule has 0 aromatic rings. The molecule has 0 saturated carbocycles. The molecule has 0 aromatic heterocycles. The molecule has 1 unspecified atom stereocenters. The second-order valence-electron chi connectivity index (χ2n) is 4.94. The highest BCUT2D eigenvalue weighted by atomic mass is 16.6. The van der Waals surface area contributed by atoms with Crippen LogP contribution in [0, 0.1) is 5.92 Å². The Morgan fingerprint density at radius 2 is 2.00 bits per heavy atom. The second kappa shape index (κ2) is 3.20. The van der Waals surface area contributed by atoms with Gasteiger partial charge in [-0.15, -0.1) is 0 Å². The summed E-state index contributed by atoms with van der Waals surface area (Å²) in [6, 6.07) is 0.398. The predicted molar refractivity (Wildman–Crippen MR) is 51.6 cm³/mol. The molecular weight excluding hydrogens is 166 g/mol. The molecule has 0 aliphatic carbocycles. The average molecular weight is 185 g/mol. The van der Waals surface area contributed by atoms with E-state index in [1.165, 1.54) is 0 Å². The predicted octanol–water partition coefficient (Wildman–Crippen LogP) is 2.26. The maximum atomic E-state index is 11.4. The molecule has 3 nitrogen and oxygen atoms in total. The molecule has 0 spiro atoms. The molecule has 13 heavy (non-hydrogen) atoms. The van der Waals surface area contributed by atoms with Crippen molar-refractivity contribution in [3.8, 4) is 0 Å². The first-order valence-corrected chi connectivity index (χ1v) is 4.81. The topological polar surface area (TPSA) is 29.3 Å². The third kappa shape index (κ3) is 2.90. The first kappa shape index (κ1) is 10.4. The summed E-state index contributed by atoms with van der Waals surface area (Å²) in [6.07, 6.45) is -0.175. The van der Waals surface area contributed by atoms with Crippen LogP contribution in [0.3, 0.4) is 0 Å². The number of carbonyl (C=O) groups is 1. The summed E-state index contributed by atoms with van der Waals surface area (Å²) in [6.45, 7) is 10.8. The van der Waals surface area contributed by atoms with Crippen LogP contribution in [0.2, 0.25) is 0 Å². The van der Waals surface area contributed by atoms with E-state index in [9.17, 15) is 4.79 Å². The smallest absolute Gasteiger partial charge is 0.410 e. The van der Waals surface area contributed by atoms with Crippen molar-refractivity contribution in [1.82, 2.24) is 4.90 Å². The minimum absolute atomic E-state index is 0.175. The van der Waals surface area contributed by atoms with Crippen molar-refractivity contribution in [3.63, 3.8) is 0 Å². The molecule has 0 N–H and O–H groups in total. The lowest BCUT2D eigenvalue weighted by atomic mass is 10.1. The Kier molecular flexibility index (Phi) is 2.55.